The Bertz CT molecular complexity index is 584. The molecule has 2 N–H and O–H groups in total. The number of hydrogen-bond donors (Lipinski definition) is 2. The van der Waals surface area contributed by atoms with E-state index in [1.54, 1.807) is 13.4 Å². The quantitative estimate of drug-likeness (QED) is 0.458. The Kier molecular flexibility index (Phi) is 9.31. The van der Waals surface area contributed by atoms with Gasteiger partial charge in [0, 0.05) is 51.8 Å². The molecule has 1 unspecified atom stereocenters. The Morgan fingerprint density at radius 3 is 2.86 bits per heavy atom. The van der Waals surface area contributed by atoms with Crippen LogP contribution < -0.4 is 10.6 Å². The normalized spacial score (nSPS) is 22.3. The van der Waals surface area contributed by atoms with Gasteiger partial charge in [0.25, 0.3) is 0 Å². The van der Waals surface area contributed by atoms with Gasteiger partial charge in [-0.2, -0.15) is 0 Å². The van der Waals surface area contributed by atoms with Gasteiger partial charge in [0.15, 0.2) is 5.96 Å². The largest absolute Gasteiger partial charge is 0.469 e. The molecule has 2 aliphatic heterocycles. The minimum absolute atomic E-state index is 0.481. The minimum atomic E-state index is 0.481. The number of likely N-dealkylation sites (tertiary alicyclic amines) is 2. The second-order valence-electron chi connectivity index (χ2n) is 8.12. The van der Waals surface area contributed by atoms with Gasteiger partial charge in [0.05, 0.1) is 19.4 Å². The van der Waals surface area contributed by atoms with E-state index < -0.39 is 0 Å². The highest BCUT2D eigenvalue weighted by Gasteiger charge is 2.23. The number of furan rings is 1. The zero-order valence-corrected chi connectivity index (χ0v) is 18.2. The van der Waals surface area contributed by atoms with Crippen molar-refractivity contribution in [3.05, 3.63) is 24.2 Å². The summed E-state index contributed by atoms with van der Waals surface area (Å²) in [4.78, 5) is 10.0. The Morgan fingerprint density at radius 1 is 1.28 bits per heavy atom. The molecule has 7 nitrogen and oxygen atoms in total. The Hall–Kier alpha value is -1.57. The SMILES string of the molecule is CCN1CCCC1CN=C(NCCc1ccco1)NC1CCN(CCOC)CC1. The van der Waals surface area contributed by atoms with Crippen LogP contribution in [-0.2, 0) is 11.2 Å². The zero-order chi connectivity index (χ0) is 20.3. The van der Waals surface area contributed by atoms with Crippen molar-refractivity contribution >= 4 is 5.96 Å². The third kappa shape index (κ3) is 7.32. The summed E-state index contributed by atoms with van der Waals surface area (Å²) in [6.45, 7) is 10.4. The standard InChI is InChI=1S/C22H39N5O2/c1-3-27-12-4-6-20(27)18-24-22(23-11-8-21-7-5-16-29-21)25-19-9-13-26(14-10-19)15-17-28-2/h5,7,16,19-20H,3-4,6,8-15,17-18H2,1-2H3,(H2,23,24,25). The molecule has 1 aromatic heterocycles. The predicted octanol–water partition coefficient (Wildman–Crippen LogP) is 1.95. The van der Waals surface area contributed by atoms with Crippen molar-refractivity contribution in [3.63, 3.8) is 0 Å². The van der Waals surface area contributed by atoms with E-state index in [4.69, 9.17) is 14.1 Å². The van der Waals surface area contributed by atoms with Crippen LogP contribution in [0.4, 0.5) is 0 Å². The lowest BCUT2D eigenvalue weighted by molar-refractivity contribution is 0.128. The number of guanidine groups is 1. The van der Waals surface area contributed by atoms with Gasteiger partial charge in [-0.15, -0.1) is 0 Å². The van der Waals surface area contributed by atoms with Crippen LogP contribution in [0.15, 0.2) is 27.8 Å². The van der Waals surface area contributed by atoms with Crippen molar-refractivity contribution in [1.82, 2.24) is 20.4 Å². The number of aliphatic imine (C=N–C) groups is 1. The van der Waals surface area contributed by atoms with Crippen molar-refractivity contribution in [3.8, 4) is 0 Å². The summed E-state index contributed by atoms with van der Waals surface area (Å²) in [5.74, 6) is 1.96. The van der Waals surface area contributed by atoms with E-state index in [0.29, 0.717) is 12.1 Å². The summed E-state index contributed by atoms with van der Waals surface area (Å²) in [6.07, 6.45) is 7.45. The van der Waals surface area contributed by atoms with Crippen LogP contribution >= 0.6 is 0 Å². The van der Waals surface area contributed by atoms with Gasteiger partial charge in [-0.3, -0.25) is 9.89 Å². The summed E-state index contributed by atoms with van der Waals surface area (Å²) in [6, 6.07) is 5.03. The van der Waals surface area contributed by atoms with Crippen molar-refractivity contribution < 1.29 is 9.15 Å². The molecular weight excluding hydrogens is 366 g/mol. The zero-order valence-electron chi connectivity index (χ0n) is 18.2. The molecule has 3 heterocycles. The molecule has 0 amide bonds. The van der Waals surface area contributed by atoms with Gasteiger partial charge in [-0.1, -0.05) is 6.92 Å². The summed E-state index contributed by atoms with van der Waals surface area (Å²) in [7, 11) is 1.77. The molecule has 0 saturated carbocycles. The van der Waals surface area contributed by atoms with Crippen LogP contribution in [0.25, 0.3) is 0 Å². The fourth-order valence-electron chi connectivity index (χ4n) is 4.34. The molecule has 0 radical (unpaired) electrons. The minimum Gasteiger partial charge on any atom is -0.469 e. The predicted molar refractivity (Wildman–Crippen MR) is 117 cm³/mol. The summed E-state index contributed by atoms with van der Waals surface area (Å²) in [5.41, 5.74) is 0. The Labute approximate surface area is 175 Å². The molecule has 29 heavy (non-hydrogen) atoms. The third-order valence-electron chi connectivity index (χ3n) is 6.15. The van der Waals surface area contributed by atoms with Crippen molar-refractivity contribution in [2.45, 2.75) is 51.1 Å². The highest BCUT2D eigenvalue weighted by Crippen LogP contribution is 2.16. The first kappa shape index (κ1) is 22.1. The summed E-state index contributed by atoms with van der Waals surface area (Å²) < 4.78 is 10.7. The van der Waals surface area contributed by atoms with Gasteiger partial charge in [-0.25, -0.2) is 0 Å². The third-order valence-corrected chi connectivity index (χ3v) is 6.15. The van der Waals surface area contributed by atoms with E-state index >= 15 is 0 Å². The Morgan fingerprint density at radius 2 is 2.14 bits per heavy atom. The van der Waals surface area contributed by atoms with E-state index in [9.17, 15) is 0 Å². The van der Waals surface area contributed by atoms with E-state index in [1.807, 2.05) is 12.1 Å². The van der Waals surface area contributed by atoms with Gasteiger partial charge in [-0.05, 0) is 50.9 Å². The molecule has 7 heteroatoms. The first-order valence-electron chi connectivity index (χ1n) is 11.3. The number of nitrogens with one attached hydrogen (secondary N) is 2. The lowest BCUT2D eigenvalue weighted by atomic mass is 10.1. The van der Waals surface area contributed by atoms with Gasteiger partial charge in [0.2, 0.25) is 0 Å². The maximum Gasteiger partial charge on any atom is 0.191 e. The molecule has 0 bridgehead atoms. The topological polar surface area (TPSA) is 65.3 Å². The first-order valence-corrected chi connectivity index (χ1v) is 11.3. The number of piperidine rings is 1. The molecule has 0 aliphatic carbocycles. The molecular formula is C22H39N5O2. The monoisotopic (exact) mass is 405 g/mol. The van der Waals surface area contributed by atoms with Crippen LogP contribution in [0.5, 0.6) is 0 Å². The summed E-state index contributed by atoms with van der Waals surface area (Å²) in [5, 5.41) is 7.24. The van der Waals surface area contributed by atoms with Crippen molar-refractivity contribution in [2.75, 3.05) is 59.5 Å². The van der Waals surface area contributed by atoms with Gasteiger partial charge >= 0.3 is 0 Å². The molecule has 2 saturated heterocycles. The van der Waals surface area contributed by atoms with E-state index in [2.05, 4.69) is 27.4 Å². The van der Waals surface area contributed by atoms with Crippen LogP contribution in [0.3, 0.4) is 0 Å². The number of likely N-dealkylation sites (N-methyl/N-ethyl adjacent to an activating group) is 1. The van der Waals surface area contributed by atoms with Crippen LogP contribution in [0.2, 0.25) is 0 Å². The lowest BCUT2D eigenvalue weighted by Gasteiger charge is -2.33. The molecule has 0 aromatic carbocycles. The van der Waals surface area contributed by atoms with Gasteiger partial charge in [0.1, 0.15) is 5.76 Å². The highest BCUT2D eigenvalue weighted by molar-refractivity contribution is 5.80. The molecule has 0 spiro atoms. The maximum atomic E-state index is 5.46. The average molecular weight is 406 g/mol. The first-order chi connectivity index (χ1) is 14.3. The lowest BCUT2D eigenvalue weighted by Crippen LogP contribution is -2.49. The molecule has 164 valence electrons. The van der Waals surface area contributed by atoms with Crippen LogP contribution in [0.1, 0.15) is 38.4 Å². The second kappa shape index (κ2) is 12.2. The van der Waals surface area contributed by atoms with Crippen molar-refractivity contribution in [2.24, 2.45) is 4.99 Å². The van der Waals surface area contributed by atoms with Gasteiger partial charge < -0.3 is 24.7 Å². The van der Waals surface area contributed by atoms with E-state index in [-0.39, 0.29) is 0 Å². The fraction of sp³-hybridized carbons (Fsp3) is 0.773. The van der Waals surface area contributed by atoms with E-state index in [0.717, 1.165) is 76.9 Å². The molecule has 3 rings (SSSR count). The maximum absolute atomic E-state index is 5.46. The molecule has 1 atom stereocenters. The van der Waals surface area contributed by atoms with Crippen molar-refractivity contribution in [1.29, 1.82) is 0 Å². The smallest absolute Gasteiger partial charge is 0.191 e. The Balaban J connectivity index is 1.50. The number of rotatable bonds is 10. The molecule has 2 fully saturated rings. The number of methoxy groups -OCH3 is 1. The second-order valence-corrected chi connectivity index (χ2v) is 8.12. The fourth-order valence-corrected chi connectivity index (χ4v) is 4.34. The molecule has 2 aliphatic rings. The average Bonchev–Trinajstić information content (AvgIpc) is 3.43. The highest BCUT2D eigenvalue weighted by atomic mass is 16.5. The number of hydrogen-bond acceptors (Lipinski definition) is 5. The summed E-state index contributed by atoms with van der Waals surface area (Å²) >= 11 is 0. The number of ether oxygens (including phenoxy) is 1. The van der Waals surface area contributed by atoms with Crippen LogP contribution in [0, 0.1) is 0 Å². The van der Waals surface area contributed by atoms with Crippen LogP contribution in [-0.4, -0.2) is 87.4 Å². The number of nitrogens with zero attached hydrogens (tertiary/aromatic N) is 3. The molecule has 1 aromatic rings. The van der Waals surface area contributed by atoms with E-state index in [1.165, 1.54) is 19.4 Å².